The first-order valence-corrected chi connectivity index (χ1v) is 10.9. The van der Waals surface area contributed by atoms with Gasteiger partial charge in [0.2, 0.25) is 5.91 Å². The van der Waals surface area contributed by atoms with E-state index >= 15 is 0 Å². The number of thiophene rings is 1. The molecule has 0 saturated heterocycles. The summed E-state index contributed by atoms with van der Waals surface area (Å²) in [7, 11) is 0. The highest BCUT2D eigenvalue weighted by Crippen LogP contribution is 2.25. The second kappa shape index (κ2) is 9.37. The number of carbonyl (C=O) groups is 2. The fourth-order valence-corrected chi connectivity index (χ4v) is 4.18. The van der Waals surface area contributed by atoms with Crippen molar-refractivity contribution < 1.29 is 14.3 Å². The predicted octanol–water partition coefficient (Wildman–Crippen LogP) is 3.68. The quantitative estimate of drug-likeness (QED) is 0.631. The van der Waals surface area contributed by atoms with E-state index in [1.54, 1.807) is 18.3 Å². The lowest BCUT2D eigenvalue weighted by atomic mass is 10.0. The Hall–Kier alpha value is -2.15. The van der Waals surface area contributed by atoms with Crippen LogP contribution in [0.3, 0.4) is 0 Å². The van der Waals surface area contributed by atoms with Gasteiger partial charge in [-0.2, -0.15) is 5.10 Å². The second-order valence-electron chi connectivity index (χ2n) is 7.54. The van der Waals surface area contributed by atoms with Crippen LogP contribution in [0.2, 0.25) is 0 Å². The van der Waals surface area contributed by atoms with Crippen molar-refractivity contribution in [2.45, 2.75) is 59.5 Å². The third-order valence-electron chi connectivity index (χ3n) is 5.04. The van der Waals surface area contributed by atoms with Crippen LogP contribution in [0.5, 0.6) is 0 Å². The number of esters is 1. The number of aryl methyl sites for hydroxylation is 2. The fourth-order valence-electron chi connectivity index (χ4n) is 3.48. The van der Waals surface area contributed by atoms with Gasteiger partial charge in [-0.1, -0.05) is 19.9 Å². The molecule has 3 heterocycles. The largest absolute Gasteiger partial charge is 0.461 e. The van der Waals surface area contributed by atoms with Crippen molar-refractivity contribution in [3.05, 3.63) is 39.3 Å². The van der Waals surface area contributed by atoms with Crippen molar-refractivity contribution in [2.24, 2.45) is 5.92 Å². The zero-order chi connectivity index (χ0) is 20.1. The van der Waals surface area contributed by atoms with Gasteiger partial charge in [-0.25, -0.2) is 4.79 Å². The molecule has 0 aromatic carbocycles. The lowest BCUT2D eigenvalue weighted by molar-refractivity contribution is -0.132. The molecule has 28 heavy (non-hydrogen) atoms. The van der Waals surface area contributed by atoms with Crippen molar-refractivity contribution in [1.29, 1.82) is 0 Å². The van der Waals surface area contributed by atoms with Crippen molar-refractivity contribution in [1.82, 2.24) is 14.7 Å². The van der Waals surface area contributed by atoms with E-state index < -0.39 is 5.97 Å². The number of rotatable bonds is 8. The summed E-state index contributed by atoms with van der Waals surface area (Å²) in [6.45, 7) is 8.36. The molecule has 0 aliphatic carbocycles. The van der Waals surface area contributed by atoms with Crippen molar-refractivity contribution >= 4 is 23.2 Å². The molecule has 0 spiro atoms. The Balaban J connectivity index is 1.75. The van der Waals surface area contributed by atoms with Gasteiger partial charge < -0.3 is 9.64 Å². The van der Waals surface area contributed by atoms with Gasteiger partial charge in [0.25, 0.3) is 0 Å². The molecule has 1 aliphatic heterocycles. The van der Waals surface area contributed by atoms with Gasteiger partial charge in [-0.05, 0) is 37.1 Å². The van der Waals surface area contributed by atoms with E-state index in [1.807, 2.05) is 21.0 Å². The Labute approximate surface area is 170 Å². The van der Waals surface area contributed by atoms with Gasteiger partial charge in [0.15, 0.2) is 5.69 Å². The minimum atomic E-state index is -0.394. The number of hydrogen-bond donors (Lipinski definition) is 0. The van der Waals surface area contributed by atoms with Crippen LogP contribution in [0.15, 0.2) is 17.5 Å². The zero-order valence-corrected chi connectivity index (χ0v) is 17.8. The van der Waals surface area contributed by atoms with E-state index in [4.69, 9.17) is 4.74 Å². The number of nitrogens with zero attached hydrogens (tertiary/aromatic N) is 3. The minimum Gasteiger partial charge on any atom is -0.461 e. The molecule has 2 aromatic heterocycles. The smallest absolute Gasteiger partial charge is 0.359 e. The molecule has 1 aliphatic rings. The van der Waals surface area contributed by atoms with Gasteiger partial charge in [0.05, 0.1) is 6.61 Å². The number of amides is 1. The first-order chi connectivity index (χ1) is 13.5. The van der Waals surface area contributed by atoms with Gasteiger partial charge >= 0.3 is 5.97 Å². The SMILES string of the molecule is CCOC(=O)c1nn(CCC(C)C)c2c1CN(C(=O)CCc1cccs1)CC2. The highest BCUT2D eigenvalue weighted by atomic mass is 32.1. The maximum Gasteiger partial charge on any atom is 0.359 e. The molecule has 0 radical (unpaired) electrons. The Morgan fingerprint density at radius 3 is 2.86 bits per heavy atom. The molecule has 3 rings (SSSR count). The van der Waals surface area contributed by atoms with Crippen LogP contribution in [0.4, 0.5) is 0 Å². The van der Waals surface area contributed by atoms with E-state index in [-0.39, 0.29) is 5.91 Å². The number of carbonyl (C=O) groups excluding carboxylic acids is 2. The lowest BCUT2D eigenvalue weighted by Gasteiger charge is -2.28. The highest BCUT2D eigenvalue weighted by Gasteiger charge is 2.30. The molecule has 2 aromatic rings. The molecule has 0 bridgehead atoms. The standard InChI is InChI=1S/C21H29N3O3S/c1-4-27-21(26)20-17-14-23(19(25)8-7-16-6-5-13-28-16)11-10-18(17)24(22-20)12-9-15(2)3/h5-6,13,15H,4,7-12,14H2,1-3H3. The number of fused-ring (bicyclic) bond motifs is 1. The third kappa shape index (κ3) is 4.82. The van der Waals surface area contributed by atoms with E-state index in [9.17, 15) is 9.59 Å². The average molecular weight is 404 g/mol. The van der Waals surface area contributed by atoms with E-state index in [1.165, 1.54) is 4.88 Å². The van der Waals surface area contributed by atoms with Crippen molar-refractivity contribution in [3.8, 4) is 0 Å². The topological polar surface area (TPSA) is 64.4 Å². The average Bonchev–Trinajstić information content (AvgIpc) is 3.32. The van der Waals surface area contributed by atoms with Crippen LogP contribution < -0.4 is 0 Å². The molecule has 0 saturated carbocycles. The number of aromatic nitrogens is 2. The van der Waals surface area contributed by atoms with Crippen molar-refractivity contribution in [2.75, 3.05) is 13.2 Å². The fraction of sp³-hybridized carbons (Fsp3) is 0.571. The van der Waals surface area contributed by atoms with Gasteiger partial charge in [0, 0.05) is 48.6 Å². The molecular weight excluding hydrogens is 374 g/mol. The molecule has 1 amide bonds. The van der Waals surface area contributed by atoms with Crippen LogP contribution in [-0.2, 0) is 35.5 Å². The van der Waals surface area contributed by atoms with Crippen LogP contribution in [-0.4, -0.2) is 39.7 Å². The Kier molecular flexibility index (Phi) is 6.88. The molecule has 0 fully saturated rings. The van der Waals surface area contributed by atoms with E-state index in [2.05, 4.69) is 25.0 Å². The Morgan fingerprint density at radius 1 is 1.36 bits per heavy atom. The first kappa shape index (κ1) is 20.6. The molecule has 152 valence electrons. The molecule has 7 heteroatoms. The minimum absolute atomic E-state index is 0.129. The summed E-state index contributed by atoms with van der Waals surface area (Å²) < 4.78 is 7.16. The van der Waals surface area contributed by atoms with Crippen LogP contribution in [0.1, 0.15) is 60.2 Å². The van der Waals surface area contributed by atoms with E-state index in [0.29, 0.717) is 37.7 Å². The summed E-state index contributed by atoms with van der Waals surface area (Å²) in [5.41, 5.74) is 2.31. The van der Waals surface area contributed by atoms with Crippen molar-refractivity contribution in [3.63, 3.8) is 0 Å². The van der Waals surface area contributed by atoms with Crippen LogP contribution >= 0.6 is 11.3 Å². The molecule has 0 unspecified atom stereocenters. The number of ether oxygens (including phenoxy) is 1. The highest BCUT2D eigenvalue weighted by molar-refractivity contribution is 7.09. The Bertz CT molecular complexity index is 811. The molecule has 0 atom stereocenters. The summed E-state index contributed by atoms with van der Waals surface area (Å²) in [5, 5.41) is 6.60. The Morgan fingerprint density at radius 2 is 2.18 bits per heavy atom. The lowest BCUT2D eigenvalue weighted by Crippen LogP contribution is -2.37. The second-order valence-corrected chi connectivity index (χ2v) is 8.58. The summed E-state index contributed by atoms with van der Waals surface area (Å²) in [5.74, 6) is 0.295. The molecule has 0 N–H and O–H groups in total. The maximum absolute atomic E-state index is 12.7. The normalized spacial score (nSPS) is 13.6. The summed E-state index contributed by atoms with van der Waals surface area (Å²) in [6, 6.07) is 4.07. The third-order valence-corrected chi connectivity index (χ3v) is 5.98. The van der Waals surface area contributed by atoms with Gasteiger partial charge in [-0.3, -0.25) is 9.48 Å². The van der Waals surface area contributed by atoms with E-state index in [0.717, 1.165) is 37.1 Å². The first-order valence-electron chi connectivity index (χ1n) is 10.0. The monoisotopic (exact) mass is 403 g/mol. The zero-order valence-electron chi connectivity index (χ0n) is 16.9. The van der Waals surface area contributed by atoms with Crippen LogP contribution in [0.25, 0.3) is 0 Å². The molecular formula is C21H29N3O3S. The van der Waals surface area contributed by atoms with Gasteiger partial charge in [-0.15, -0.1) is 11.3 Å². The summed E-state index contributed by atoms with van der Waals surface area (Å²) in [4.78, 5) is 28.2. The number of hydrogen-bond acceptors (Lipinski definition) is 5. The van der Waals surface area contributed by atoms with Crippen LogP contribution in [0, 0.1) is 5.92 Å². The summed E-state index contributed by atoms with van der Waals surface area (Å²) >= 11 is 1.68. The maximum atomic E-state index is 12.7. The predicted molar refractivity (Wildman–Crippen MR) is 109 cm³/mol. The van der Waals surface area contributed by atoms with Gasteiger partial charge in [0.1, 0.15) is 0 Å². The molecule has 6 nitrogen and oxygen atoms in total. The summed E-state index contributed by atoms with van der Waals surface area (Å²) in [6.07, 6.45) is 2.98.